The summed E-state index contributed by atoms with van der Waals surface area (Å²) in [5.41, 5.74) is 1.31. The fraction of sp³-hybridized carbons (Fsp3) is 0.680. The van der Waals surface area contributed by atoms with Crippen LogP contribution in [0.15, 0.2) is 35.3 Å². The fourth-order valence-electron chi connectivity index (χ4n) is 4.49. The van der Waals surface area contributed by atoms with E-state index in [1.807, 2.05) is 6.07 Å². The lowest BCUT2D eigenvalue weighted by atomic mass is 9.88. The summed E-state index contributed by atoms with van der Waals surface area (Å²) in [4.78, 5) is 19.6. The molecule has 2 fully saturated rings. The molecule has 1 unspecified atom stereocenters. The van der Waals surface area contributed by atoms with Gasteiger partial charge in [-0.25, -0.2) is 0 Å². The second kappa shape index (κ2) is 13.4. The monoisotopic (exact) mass is 428 g/mol. The highest BCUT2D eigenvalue weighted by Gasteiger charge is 2.31. The van der Waals surface area contributed by atoms with E-state index in [2.05, 4.69) is 46.7 Å². The molecule has 0 radical (unpaired) electrons. The van der Waals surface area contributed by atoms with Gasteiger partial charge in [-0.1, -0.05) is 49.6 Å². The van der Waals surface area contributed by atoms with Gasteiger partial charge in [-0.2, -0.15) is 0 Å². The summed E-state index contributed by atoms with van der Waals surface area (Å²) in [7, 11) is 0. The highest BCUT2D eigenvalue weighted by atomic mass is 16.5. The van der Waals surface area contributed by atoms with E-state index >= 15 is 0 Å². The average Bonchev–Trinajstić information content (AvgIpc) is 3.28. The number of aliphatic imine (C=N–C) groups is 1. The van der Waals surface area contributed by atoms with Gasteiger partial charge in [-0.3, -0.25) is 9.79 Å². The SMILES string of the molecule is CCNC(=NCCCOCCc1ccccc1)NC1CCN(C(=O)C2CCCCC2)C1. The lowest BCUT2D eigenvalue weighted by molar-refractivity contribution is -0.135. The third kappa shape index (κ3) is 8.17. The Morgan fingerprint density at radius 2 is 1.94 bits per heavy atom. The lowest BCUT2D eigenvalue weighted by Gasteiger charge is -2.26. The maximum Gasteiger partial charge on any atom is 0.225 e. The van der Waals surface area contributed by atoms with Gasteiger partial charge in [0.15, 0.2) is 5.96 Å². The van der Waals surface area contributed by atoms with Crippen molar-refractivity contribution in [3.05, 3.63) is 35.9 Å². The number of nitrogens with one attached hydrogen (secondary N) is 2. The Hall–Kier alpha value is -2.08. The molecule has 2 aliphatic rings. The molecular formula is C25H40N4O2. The van der Waals surface area contributed by atoms with Crippen LogP contribution in [0.4, 0.5) is 0 Å². The van der Waals surface area contributed by atoms with Crippen molar-refractivity contribution >= 4 is 11.9 Å². The van der Waals surface area contributed by atoms with Crippen molar-refractivity contribution < 1.29 is 9.53 Å². The largest absolute Gasteiger partial charge is 0.381 e. The van der Waals surface area contributed by atoms with Gasteiger partial charge < -0.3 is 20.3 Å². The minimum absolute atomic E-state index is 0.260. The van der Waals surface area contributed by atoms with Gasteiger partial charge in [0.25, 0.3) is 0 Å². The smallest absolute Gasteiger partial charge is 0.225 e. The van der Waals surface area contributed by atoms with Crippen molar-refractivity contribution in [1.29, 1.82) is 0 Å². The zero-order chi connectivity index (χ0) is 21.7. The molecule has 1 heterocycles. The third-order valence-electron chi connectivity index (χ3n) is 6.23. The Morgan fingerprint density at radius 3 is 2.71 bits per heavy atom. The van der Waals surface area contributed by atoms with Crippen LogP contribution in [-0.2, 0) is 16.0 Å². The highest BCUT2D eigenvalue weighted by molar-refractivity contribution is 5.81. The molecule has 6 nitrogen and oxygen atoms in total. The Morgan fingerprint density at radius 1 is 1.13 bits per heavy atom. The molecule has 1 aliphatic heterocycles. The van der Waals surface area contributed by atoms with Crippen LogP contribution in [-0.4, -0.2) is 62.2 Å². The third-order valence-corrected chi connectivity index (χ3v) is 6.23. The molecule has 1 aliphatic carbocycles. The fourth-order valence-corrected chi connectivity index (χ4v) is 4.49. The van der Waals surface area contributed by atoms with Crippen molar-refractivity contribution in [2.24, 2.45) is 10.9 Å². The molecular weight excluding hydrogens is 388 g/mol. The Kier molecular flexibility index (Phi) is 10.2. The van der Waals surface area contributed by atoms with Crippen LogP contribution < -0.4 is 10.6 Å². The van der Waals surface area contributed by atoms with Crippen LogP contribution in [0.25, 0.3) is 0 Å². The molecule has 3 rings (SSSR count). The van der Waals surface area contributed by atoms with E-state index in [-0.39, 0.29) is 12.0 Å². The number of amides is 1. The van der Waals surface area contributed by atoms with Crippen molar-refractivity contribution in [3.63, 3.8) is 0 Å². The van der Waals surface area contributed by atoms with Crippen LogP contribution in [0.1, 0.15) is 57.4 Å². The molecule has 0 spiro atoms. The number of carbonyl (C=O) groups is 1. The molecule has 1 atom stereocenters. The Bertz CT molecular complexity index is 673. The molecule has 1 amide bonds. The van der Waals surface area contributed by atoms with Crippen molar-refractivity contribution in [1.82, 2.24) is 15.5 Å². The Labute approximate surface area is 187 Å². The summed E-state index contributed by atoms with van der Waals surface area (Å²) in [6.07, 6.45) is 8.70. The van der Waals surface area contributed by atoms with Crippen LogP contribution in [0.2, 0.25) is 0 Å². The van der Waals surface area contributed by atoms with Crippen LogP contribution in [0.3, 0.4) is 0 Å². The topological polar surface area (TPSA) is 66.0 Å². The molecule has 1 aromatic carbocycles. The van der Waals surface area contributed by atoms with E-state index in [4.69, 9.17) is 9.73 Å². The predicted molar refractivity (Wildman–Crippen MR) is 126 cm³/mol. The number of rotatable bonds is 10. The normalized spacial score (nSPS) is 20.1. The molecule has 1 saturated heterocycles. The summed E-state index contributed by atoms with van der Waals surface area (Å²) in [5, 5.41) is 6.87. The zero-order valence-electron chi connectivity index (χ0n) is 19.2. The van der Waals surface area contributed by atoms with E-state index < -0.39 is 0 Å². The van der Waals surface area contributed by atoms with Gasteiger partial charge in [0, 0.05) is 44.7 Å². The maximum atomic E-state index is 12.8. The standard InChI is InChI=1S/C25H40N4O2/c1-2-26-25(27-16-9-18-31-19-15-21-10-5-3-6-11-21)28-23-14-17-29(20-23)24(30)22-12-7-4-8-13-22/h3,5-6,10-11,22-23H,2,4,7-9,12-20H2,1H3,(H2,26,27,28). The summed E-state index contributed by atoms with van der Waals surface area (Å²) < 4.78 is 5.76. The molecule has 6 heteroatoms. The van der Waals surface area contributed by atoms with Gasteiger partial charge in [0.05, 0.1) is 6.61 Å². The summed E-state index contributed by atoms with van der Waals surface area (Å²) in [6, 6.07) is 10.7. The molecule has 31 heavy (non-hydrogen) atoms. The molecule has 172 valence electrons. The minimum Gasteiger partial charge on any atom is -0.381 e. The molecule has 2 N–H and O–H groups in total. The van der Waals surface area contributed by atoms with Gasteiger partial charge in [-0.15, -0.1) is 0 Å². The number of ether oxygens (including phenoxy) is 1. The summed E-state index contributed by atoms with van der Waals surface area (Å²) >= 11 is 0. The zero-order valence-corrected chi connectivity index (χ0v) is 19.2. The number of likely N-dealkylation sites (tertiary alicyclic amines) is 1. The van der Waals surface area contributed by atoms with E-state index in [9.17, 15) is 4.79 Å². The maximum absolute atomic E-state index is 12.8. The molecule has 1 saturated carbocycles. The summed E-state index contributed by atoms with van der Waals surface area (Å²) in [6.45, 7) is 6.78. The second-order valence-corrected chi connectivity index (χ2v) is 8.71. The van der Waals surface area contributed by atoms with Crippen LogP contribution in [0.5, 0.6) is 0 Å². The molecule has 1 aromatic rings. The number of benzene rings is 1. The second-order valence-electron chi connectivity index (χ2n) is 8.71. The van der Waals surface area contributed by atoms with Gasteiger partial charge in [0.1, 0.15) is 0 Å². The van der Waals surface area contributed by atoms with E-state index in [0.717, 1.165) is 77.5 Å². The van der Waals surface area contributed by atoms with Gasteiger partial charge >= 0.3 is 0 Å². The molecule has 0 bridgehead atoms. The first-order chi connectivity index (χ1) is 15.3. The van der Waals surface area contributed by atoms with E-state index in [0.29, 0.717) is 5.91 Å². The Balaban J connectivity index is 1.33. The number of guanidine groups is 1. The first-order valence-corrected chi connectivity index (χ1v) is 12.2. The number of nitrogens with zero attached hydrogens (tertiary/aromatic N) is 2. The predicted octanol–water partition coefficient (Wildman–Crippen LogP) is 3.37. The van der Waals surface area contributed by atoms with Crippen molar-refractivity contribution in [2.45, 2.75) is 64.3 Å². The van der Waals surface area contributed by atoms with Crippen molar-refractivity contribution in [2.75, 3.05) is 39.4 Å². The van der Waals surface area contributed by atoms with Gasteiger partial charge in [-0.05, 0) is 44.6 Å². The van der Waals surface area contributed by atoms with E-state index in [1.54, 1.807) is 0 Å². The number of carbonyl (C=O) groups excluding carboxylic acids is 1. The van der Waals surface area contributed by atoms with E-state index in [1.165, 1.54) is 24.8 Å². The lowest BCUT2D eigenvalue weighted by Crippen LogP contribution is -2.45. The average molecular weight is 429 g/mol. The first-order valence-electron chi connectivity index (χ1n) is 12.2. The quantitative estimate of drug-likeness (QED) is 0.341. The number of hydrogen-bond acceptors (Lipinski definition) is 3. The minimum atomic E-state index is 0.260. The van der Waals surface area contributed by atoms with Crippen molar-refractivity contribution in [3.8, 4) is 0 Å². The van der Waals surface area contributed by atoms with Crippen LogP contribution in [0, 0.1) is 5.92 Å². The van der Waals surface area contributed by atoms with Gasteiger partial charge in [0.2, 0.25) is 5.91 Å². The van der Waals surface area contributed by atoms with Crippen LogP contribution >= 0.6 is 0 Å². The summed E-state index contributed by atoms with van der Waals surface area (Å²) in [5.74, 6) is 1.48. The molecule has 0 aromatic heterocycles. The first kappa shape index (κ1) is 23.6. The highest BCUT2D eigenvalue weighted by Crippen LogP contribution is 2.26. The number of hydrogen-bond donors (Lipinski definition) is 2.